The lowest BCUT2D eigenvalue weighted by atomic mass is 10.1. The minimum absolute atomic E-state index is 0.0932. The summed E-state index contributed by atoms with van der Waals surface area (Å²) in [4.78, 5) is 17.0. The van der Waals surface area contributed by atoms with Crippen molar-refractivity contribution in [2.24, 2.45) is 0 Å². The summed E-state index contributed by atoms with van der Waals surface area (Å²) in [7, 11) is 0. The van der Waals surface area contributed by atoms with Gasteiger partial charge in [0.1, 0.15) is 0 Å². The standard InChI is InChI=1S/C17H24N4OS/c1-17(2,3)21-12-15(10-18-21)16(22)20-7-5-19(6-8-20)11-14-4-9-23-13-14/h4,9-10,12-13H,5-8,11H2,1-3H3. The van der Waals surface area contributed by atoms with Crippen molar-refractivity contribution in [3.8, 4) is 0 Å². The molecular weight excluding hydrogens is 308 g/mol. The van der Waals surface area contributed by atoms with Gasteiger partial charge >= 0.3 is 0 Å². The lowest BCUT2D eigenvalue weighted by molar-refractivity contribution is 0.0628. The van der Waals surface area contributed by atoms with Gasteiger partial charge in [-0.25, -0.2) is 0 Å². The summed E-state index contributed by atoms with van der Waals surface area (Å²) >= 11 is 1.73. The van der Waals surface area contributed by atoms with E-state index in [1.165, 1.54) is 5.56 Å². The monoisotopic (exact) mass is 332 g/mol. The molecule has 0 spiro atoms. The highest BCUT2D eigenvalue weighted by Crippen LogP contribution is 2.16. The number of nitrogens with zero attached hydrogens (tertiary/aromatic N) is 4. The molecule has 0 atom stereocenters. The number of rotatable bonds is 3. The van der Waals surface area contributed by atoms with Crippen LogP contribution in [-0.2, 0) is 12.1 Å². The predicted octanol–water partition coefficient (Wildman–Crippen LogP) is 2.66. The van der Waals surface area contributed by atoms with Crippen LogP contribution in [0.3, 0.4) is 0 Å². The van der Waals surface area contributed by atoms with E-state index in [4.69, 9.17) is 0 Å². The number of carbonyl (C=O) groups is 1. The number of thiophene rings is 1. The molecule has 2 aromatic heterocycles. The highest BCUT2D eigenvalue weighted by molar-refractivity contribution is 7.07. The average Bonchev–Trinajstić information content (AvgIpc) is 3.18. The van der Waals surface area contributed by atoms with E-state index >= 15 is 0 Å². The lowest BCUT2D eigenvalue weighted by Gasteiger charge is -2.34. The molecule has 3 rings (SSSR count). The van der Waals surface area contributed by atoms with Crippen molar-refractivity contribution in [1.29, 1.82) is 0 Å². The minimum atomic E-state index is -0.0994. The molecule has 0 saturated carbocycles. The molecule has 1 fully saturated rings. The molecule has 0 bridgehead atoms. The zero-order valence-electron chi connectivity index (χ0n) is 14.0. The van der Waals surface area contributed by atoms with Crippen LogP contribution < -0.4 is 0 Å². The second kappa shape index (κ2) is 6.45. The Morgan fingerprint density at radius 2 is 2.00 bits per heavy atom. The topological polar surface area (TPSA) is 41.4 Å². The normalized spacial score (nSPS) is 16.7. The number of piperazine rings is 1. The Labute approximate surface area is 141 Å². The van der Waals surface area contributed by atoms with E-state index in [-0.39, 0.29) is 11.4 Å². The Hall–Kier alpha value is -1.66. The van der Waals surface area contributed by atoms with Crippen LogP contribution >= 0.6 is 11.3 Å². The molecule has 0 aromatic carbocycles. The molecule has 1 aliphatic heterocycles. The fourth-order valence-electron chi connectivity index (χ4n) is 2.73. The van der Waals surface area contributed by atoms with Crippen LogP contribution in [0.5, 0.6) is 0 Å². The molecule has 5 nitrogen and oxygen atoms in total. The number of amides is 1. The fraction of sp³-hybridized carbons (Fsp3) is 0.529. The van der Waals surface area contributed by atoms with Crippen molar-refractivity contribution < 1.29 is 4.79 Å². The van der Waals surface area contributed by atoms with Crippen molar-refractivity contribution in [2.75, 3.05) is 26.2 Å². The predicted molar refractivity (Wildman–Crippen MR) is 92.7 cm³/mol. The molecule has 1 saturated heterocycles. The van der Waals surface area contributed by atoms with Crippen LogP contribution in [0.2, 0.25) is 0 Å². The maximum Gasteiger partial charge on any atom is 0.257 e. The molecule has 2 aromatic rings. The first-order chi connectivity index (χ1) is 10.9. The van der Waals surface area contributed by atoms with Gasteiger partial charge in [-0.15, -0.1) is 0 Å². The van der Waals surface area contributed by atoms with Gasteiger partial charge in [-0.1, -0.05) is 0 Å². The zero-order chi connectivity index (χ0) is 16.4. The van der Waals surface area contributed by atoms with Crippen LogP contribution in [0.25, 0.3) is 0 Å². The molecule has 0 radical (unpaired) electrons. The van der Waals surface area contributed by atoms with E-state index < -0.39 is 0 Å². The molecule has 124 valence electrons. The van der Waals surface area contributed by atoms with E-state index in [0.717, 1.165) is 32.7 Å². The van der Waals surface area contributed by atoms with Gasteiger partial charge in [-0.3, -0.25) is 14.4 Å². The van der Waals surface area contributed by atoms with E-state index in [0.29, 0.717) is 5.56 Å². The Kier molecular flexibility index (Phi) is 4.55. The minimum Gasteiger partial charge on any atom is -0.336 e. The van der Waals surface area contributed by atoms with Crippen LogP contribution in [0.15, 0.2) is 29.2 Å². The van der Waals surface area contributed by atoms with Gasteiger partial charge in [-0.2, -0.15) is 16.4 Å². The molecule has 23 heavy (non-hydrogen) atoms. The van der Waals surface area contributed by atoms with Crippen LogP contribution in [-0.4, -0.2) is 51.7 Å². The van der Waals surface area contributed by atoms with Crippen LogP contribution in [0.4, 0.5) is 0 Å². The summed E-state index contributed by atoms with van der Waals surface area (Å²) in [6, 6.07) is 2.17. The number of hydrogen-bond donors (Lipinski definition) is 0. The molecule has 3 heterocycles. The zero-order valence-corrected chi connectivity index (χ0v) is 14.8. The summed E-state index contributed by atoms with van der Waals surface area (Å²) in [6.45, 7) is 10.6. The van der Waals surface area contributed by atoms with Gasteiger partial charge in [0.2, 0.25) is 0 Å². The summed E-state index contributed by atoms with van der Waals surface area (Å²) in [6.07, 6.45) is 3.55. The first-order valence-electron chi connectivity index (χ1n) is 8.01. The number of aromatic nitrogens is 2. The van der Waals surface area contributed by atoms with Gasteiger partial charge in [-0.05, 0) is 43.2 Å². The van der Waals surface area contributed by atoms with Gasteiger partial charge in [0, 0.05) is 38.9 Å². The molecule has 0 N–H and O–H groups in total. The van der Waals surface area contributed by atoms with Gasteiger partial charge < -0.3 is 4.90 Å². The second-order valence-corrected chi connectivity index (χ2v) is 7.82. The SMILES string of the molecule is CC(C)(C)n1cc(C(=O)N2CCN(Cc3ccsc3)CC2)cn1. The molecular formula is C17H24N4OS. The first kappa shape index (κ1) is 16.2. The Morgan fingerprint density at radius 3 is 2.57 bits per heavy atom. The highest BCUT2D eigenvalue weighted by Gasteiger charge is 2.24. The number of hydrogen-bond acceptors (Lipinski definition) is 4. The first-order valence-corrected chi connectivity index (χ1v) is 8.95. The van der Waals surface area contributed by atoms with Crippen molar-refractivity contribution in [3.05, 3.63) is 40.3 Å². The fourth-order valence-corrected chi connectivity index (χ4v) is 3.39. The molecule has 1 amide bonds. The maximum absolute atomic E-state index is 12.6. The molecule has 6 heteroatoms. The molecule has 1 aliphatic rings. The van der Waals surface area contributed by atoms with Crippen molar-refractivity contribution >= 4 is 17.2 Å². The highest BCUT2D eigenvalue weighted by atomic mass is 32.1. The third kappa shape index (κ3) is 3.82. The van der Waals surface area contributed by atoms with Gasteiger partial charge in [0.05, 0.1) is 17.3 Å². The Bertz CT molecular complexity index is 648. The van der Waals surface area contributed by atoms with Crippen molar-refractivity contribution in [1.82, 2.24) is 19.6 Å². The second-order valence-electron chi connectivity index (χ2n) is 7.04. The van der Waals surface area contributed by atoms with Crippen molar-refractivity contribution in [3.63, 3.8) is 0 Å². The Morgan fingerprint density at radius 1 is 1.26 bits per heavy atom. The van der Waals surface area contributed by atoms with Gasteiger partial charge in [0.25, 0.3) is 5.91 Å². The third-order valence-electron chi connectivity index (χ3n) is 4.16. The third-order valence-corrected chi connectivity index (χ3v) is 4.89. The van der Waals surface area contributed by atoms with Gasteiger partial charge in [0.15, 0.2) is 0 Å². The summed E-state index contributed by atoms with van der Waals surface area (Å²) in [5.74, 6) is 0.0932. The summed E-state index contributed by atoms with van der Waals surface area (Å²) in [5.41, 5.74) is 1.95. The molecule has 0 aliphatic carbocycles. The maximum atomic E-state index is 12.6. The number of carbonyl (C=O) groups excluding carboxylic acids is 1. The lowest BCUT2D eigenvalue weighted by Crippen LogP contribution is -2.48. The summed E-state index contributed by atoms with van der Waals surface area (Å²) < 4.78 is 1.85. The average molecular weight is 332 g/mol. The van der Waals surface area contributed by atoms with E-state index in [1.54, 1.807) is 17.5 Å². The molecule has 0 unspecified atom stereocenters. The smallest absolute Gasteiger partial charge is 0.257 e. The quantitative estimate of drug-likeness (QED) is 0.868. The summed E-state index contributed by atoms with van der Waals surface area (Å²) in [5, 5.41) is 8.63. The van der Waals surface area contributed by atoms with Crippen LogP contribution in [0.1, 0.15) is 36.7 Å². The van der Waals surface area contributed by atoms with E-state index in [1.807, 2.05) is 15.8 Å². The van der Waals surface area contributed by atoms with E-state index in [9.17, 15) is 4.79 Å². The van der Waals surface area contributed by atoms with Crippen LogP contribution in [0, 0.1) is 0 Å². The largest absolute Gasteiger partial charge is 0.336 e. The van der Waals surface area contributed by atoms with E-state index in [2.05, 4.69) is 47.6 Å². The van der Waals surface area contributed by atoms with Crippen molar-refractivity contribution in [2.45, 2.75) is 32.9 Å². The Balaban J connectivity index is 1.57.